The molecule has 0 saturated carbocycles. The highest BCUT2D eigenvalue weighted by Crippen LogP contribution is 2.25. The number of hydrazone groups is 1. The van der Waals surface area contributed by atoms with Gasteiger partial charge in [0.05, 0.1) is 43.0 Å². The molecule has 1 saturated heterocycles. The van der Waals surface area contributed by atoms with Crippen molar-refractivity contribution >= 4 is 39.0 Å². The van der Waals surface area contributed by atoms with E-state index >= 15 is 0 Å². The third kappa shape index (κ3) is 4.56. The summed E-state index contributed by atoms with van der Waals surface area (Å²) in [6, 6.07) is 3.94. The van der Waals surface area contributed by atoms with Gasteiger partial charge in [-0.15, -0.1) is 0 Å². The van der Waals surface area contributed by atoms with Crippen LogP contribution in [0.5, 0.6) is 5.75 Å². The molecule has 29 heavy (non-hydrogen) atoms. The van der Waals surface area contributed by atoms with Gasteiger partial charge in [-0.3, -0.25) is 9.59 Å². The van der Waals surface area contributed by atoms with Gasteiger partial charge in [0.1, 0.15) is 11.5 Å². The molecule has 156 valence electrons. The first-order valence-electron chi connectivity index (χ1n) is 8.91. The molecular formula is C18H21N3O7S. The zero-order valence-corrected chi connectivity index (χ0v) is 16.8. The highest BCUT2D eigenvalue weighted by atomic mass is 32.2. The van der Waals surface area contributed by atoms with E-state index in [9.17, 15) is 22.8 Å². The van der Waals surface area contributed by atoms with Crippen molar-refractivity contribution in [2.75, 3.05) is 31.0 Å². The number of anilines is 1. The topological polar surface area (TPSA) is 131 Å². The van der Waals surface area contributed by atoms with Crippen molar-refractivity contribution in [3.05, 3.63) is 23.8 Å². The Morgan fingerprint density at radius 2 is 2.00 bits per heavy atom. The van der Waals surface area contributed by atoms with Gasteiger partial charge in [0.25, 0.3) is 5.91 Å². The minimum absolute atomic E-state index is 0.00711. The number of amides is 2. The second-order valence-electron chi connectivity index (χ2n) is 6.70. The van der Waals surface area contributed by atoms with Gasteiger partial charge in [-0.1, -0.05) is 0 Å². The Kier molecular flexibility index (Phi) is 5.87. The Hall–Kier alpha value is -2.95. The summed E-state index contributed by atoms with van der Waals surface area (Å²) in [5.74, 6) is -1.31. The van der Waals surface area contributed by atoms with Crippen LogP contribution in [-0.4, -0.2) is 68.7 Å². The van der Waals surface area contributed by atoms with Gasteiger partial charge in [-0.2, -0.15) is 5.10 Å². The summed E-state index contributed by atoms with van der Waals surface area (Å²) in [6.45, 7) is 0. The molecule has 0 aliphatic carbocycles. The van der Waals surface area contributed by atoms with Gasteiger partial charge in [0.15, 0.2) is 9.84 Å². The number of sulfone groups is 1. The number of nitrogens with one attached hydrogen (secondary N) is 1. The molecule has 1 N–H and O–H groups in total. The first kappa shape index (κ1) is 20.8. The van der Waals surface area contributed by atoms with Crippen LogP contribution in [0.15, 0.2) is 23.3 Å². The Morgan fingerprint density at radius 3 is 2.62 bits per heavy atom. The maximum atomic E-state index is 12.7. The SMILES string of the molecule is COC(=O)c1cc(OC)ccc1NC(=O)C1=NN(C2CCS(=O)(=O)C2)C(=O)CC1. The second kappa shape index (κ2) is 8.19. The van der Waals surface area contributed by atoms with Crippen LogP contribution in [0.25, 0.3) is 0 Å². The lowest BCUT2D eigenvalue weighted by Gasteiger charge is -2.27. The molecule has 10 nitrogen and oxygen atoms in total. The van der Waals surface area contributed by atoms with E-state index in [-0.39, 0.29) is 53.6 Å². The Morgan fingerprint density at radius 1 is 1.24 bits per heavy atom. The van der Waals surface area contributed by atoms with Crippen molar-refractivity contribution in [1.29, 1.82) is 0 Å². The first-order chi connectivity index (χ1) is 13.7. The predicted octanol–water partition coefficient (Wildman–Crippen LogP) is 0.586. The lowest BCUT2D eigenvalue weighted by Crippen LogP contribution is -2.42. The van der Waals surface area contributed by atoms with Crippen molar-refractivity contribution in [3.8, 4) is 5.75 Å². The fourth-order valence-corrected chi connectivity index (χ4v) is 4.91. The Balaban J connectivity index is 1.82. The molecule has 2 aliphatic rings. The van der Waals surface area contributed by atoms with E-state index in [4.69, 9.17) is 9.47 Å². The summed E-state index contributed by atoms with van der Waals surface area (Å²) >= 11 is 0. The average molecular weight is 423 g/mol. The number of carbonyl (C=O) groups excluding carboxylic acids is 3. The normalized spacial score (nSPS) is 20.8. The van der Waals surface area contributed by atoms with E-state index in [1.165, 1.54) is 26.4 Å². The molecule has 2 aliphatic heterocycles. The summed E-state index contributed by atoms with van der Waals surface area (Å²) < 4.78 is 33.2. The standard InChI is InChI=1S/C18H21N3O7S/c1-27-12-3-4-14(13(9-12)18(24)28-2)19-17(23)15-5-6-16(22)21(20-15)11-7-8-29(25,26)10-11/h3-4,9,11H,5-8,10H2,1-2H3,(H,19,23). The summed E-state index contributed by atoms with van der Waals surface area (Å²) in [5, 5.41) is 7.83. The molecule has 1 atom stereocenters. The zero-order valence-electron chi connectivity index (χ0n) is 16.0. The summed E-state index contributed by atoms with van der Waals surface area (Å²) in [5.41, 5.74) is 0.393. The van der Waals surface area contributed by atoms with Gasteiger partial charge in [0, 0.05) is 12.8 Å². The molecule has 1 aromatic rings. The number of carbonyl (C=O) groups is 3. The molecule has 1 aromatic carbocycles. The largest absolute Gasteiger partial charge is 0.497 e. The van der Waals surface area contributed by atoms with Gasteiger partial charge in [0.2, 0.25) is 5.91 Å². The number of hydrogen-bond acceptors (Lipinski definition) is 8. The van der Waals surface area contributed by atoms with Crippen LogP contribution in [0.2, 0.25) is 0 Å². The summed E-state index contributed by atoms with van der Waals surface area (Å²) in [4.78, 5) is 36.9. The molecular weight excluding hydrogens is 402 g/mol. The number of rotatable bonds is 5. The van der Waals surface area contributed by atoms with Gasteiger partial charge >= 0.3 is 5.97 Å². The van der Waals surface area contributed by atoms with E-state index in [2.05, 4.69) is 10.4 Å². The minimum atomic E-state index is -3.21. The summed E-state index contributed by atoms with van der Waals surface area (Å²) in [7, 11) is -0.541. The van der Waals surface area contributed by atoms with Crippen LogP contribution < -0.4 is 10.1 Å². The van der Waals surface area contributed by atoms with Gasteiger partial charge in [-0.25, -0.2) is 18.2 Å². The van der Waals surface area contributed by atoms with Crippen molar-refractivity contribution in [2.45, 2.75) is 25.3 Å². The smallest absolute Gasteiger partial charge is 0.340 e. The third-order valence-corrected chi connectivity index (χ3v) is 6.51. The maximum Gasteiger partial charge on any atom is 0.340 e. The number of methoxy groups -OCH3 is 2. The van der Waals surface area contributed by atoms with E-state index in [1.807, 2.05) is 0 Å². The van der Waals surface area contributed by atoms with Crippen molar-refractivity contribution < 1.29 is 32.3 Å². The highest BCUT2D eigenvalue weighted by Gasteiger charge is 2.37. The van der Waals surface area contributed by atoms with Crippen LogP contribution in [0.4, 0.5) is 5.69 Å². The van der Waals surface area contributed by atoms with E-state index < -0.39 is 27.8 Å². The zero-order chi connectivity index (χ0) is 21.2. The molecule has 2 amide bonds. The van der Waals surface area contributed by atoms with E-state index in [0.717, 1.165) is 5.01 Å². The predicted molar refractivity (Wildman–Crippen MR) is 104 cm³/mol. The number of esters is 1. The van der Waals surface area contributed by atoms with Gasteiger partial charge in [-0.05, 0) is 24.6 Å². The third-order valence-electron chi connectivity index (χ3n) is 4.76. The van der Waals surface area contributed by atoms with Crippen LogP contribution in [0.1, 0.15) is 29.6 Å². The molecule has 2 heterocycles. The minimum Gasteiger partial charge on any atom is -0.497 e. The Labute approximate surface area is 167 Å². The summed E-state index contributed by atoms with van der Waals surface area (Å²) in [6.07, 6.45) is 0.455. The lowest BCUT2D eigenvalue weighted by atomic mass is 10.1. The van der Waals surface area contributed by atoms with Gasteiger partial charge < -0.3 is 14.8 Å². The maximum absolute atomic E-state index is 12.7. The molecule has 0 radical (unpaired) electrons. The molecule has 0 aromatic heterocycles. The molecule has 0 bridgehead atoms. The number of benzene rings is 1. The second-order valence-corrected chi connectivity index (χ2v) is 8.93. The molecule has 11 heteroatoms. The van der Waals surface area contributed by atoms with Crippen LogP contribution in [0.3, 0.4) is 0 Å². The van der Waals surface area contributed by atoms with Crippen LogP contribution in [0, 0.1) is 0 Å². The van der Waals surface area contributed by atoms with Crippen LogP contribution in [-0.2, 0) is 24.2 Å². The van der Waals surface area contributed by atoms with Crippen molar-refractivity contribution in [1.82, 2.24) is 5.01 Å². The molecule has 0 spiro atoms. The molecule has 1 fully saturated rings. The van der Waals surface area contributed by atoms with E-state index in [0.29, 0.717) is 5.75 Å². The highest BCUT2D eigenvalue weighted by molar-refractivity contribution is 7.91. The Bertz CT molecular complexity index is 987. The number of nitrogens with zero attached hydrogens (tertiary/aromatic N) is 2. The fraction of sp³-hybridized carbons (Fsp3) is 0.444. The fourth-order valence-electron chi connectivity index (χ4n) is 3.22. The lowest BCUT2D eigenvalue weighted by molar-refractivity contribution is -0.133. The quantitative estimate of drug-likeness (QED) is 0.686. The van der Waals surface area contributed by atoms with Crippen molar-refractivity contribution in [2.24, 2.45) is 5.10 Å². The van der Waals surface area contributed by atoms with E-state index in [1.54, 1.807) is 6.07 Å². The molecule has 1 unspecified atom stereocenters. The first-order valence-corrected chi connectivity index (χ1v) is 10.7. The monoisotopic (exact) mass is 423 g/mol. The number of hydrogen-bond donors (Lipinski definition) is 1. The average Bonchev–Trinajstić information content (AvgIpc) is 3.07. The number of ether oxygens (including phenoxy) is 2. The van der Waals surface area contributed by atoms with Crippen LogP contribution >= 0.6 is 0 Å². The molecule has 3 rings (SSSR count). The van der Waals surface area contributed by atoms with Crippen molar-refractivity contribution in [3.63, 3.8) is 0 Å².